The molecule has 0 atom stereocenters. The van der Waals surface area contributed by atoms with Crippen LogP contribution in [-0.2, 0) is 7.05 Å². The lowest BCUT2D eigenvalue weighted by Gasteiger charge is -2.06. The Labute approximate surface area is 149 Å². The van der Waals surface area contributed by atoms with Crippen molar-refractivity contribution in [1.29, 1.82) is 5.26 Å². The molecular formula is C20H24ClN3. The number of fused-ring (bicyclic) bond motifs is 1. The Morgan fingerprint density at radius 2 is 1.71 bits per heavy atom. The highest BCUT2D eigenvalue weighted by atomic mass is 35.5. The number of aryl methyl sites for hydroxylation is 1. The van der Waals surface area contributed by atoms with Crippen molar-refractivity contribution >= 4 is 28.2 Å². The van der Waals surface area contributed by atoms with E-state index in [0.717, 1.165) is 22.2 Å². The van der Waals surface area contributed by atoms with Gasteiger partial charge in [-0.05, 0) is 30.3 Å². The van der Waals surface area contributed by atoms with E-state index in [0.29, 0.717) is 16.3 Å². The second-order valence-corrected chi connectivity index (χ2v) is 5.12. The van der Waals surface area contributed by atoms with E-state index in [9.17, 15) is 5.26 Å². The normalized spacial score (nSPS) is 9.38. The van der Waals surface area contributed by atoms with Crippen molar-refractivity contribution in [3.05, 3.63) is 53.1 Å². The summed E-state index contributed by atoms with van der Waals surface area (Å²) in [5.41, 5.74) is 9.90. The van der Waals surface area contributed by atoms with Crippen LogP contribution in [0.25, 0.3) is 22.2 Å². The van der Waals surface area contributed by atoms with Crippen molar-refractivity contribution in [2.45, 2.75) is 27.7 Å². The summed E-state index contributed by atoms with van der Waals surface area (Å²) in [7, 11) is 1.94. The first-order valence-electron chi connectivity index (χ1n) is 8.16. The van der Waals surface area contributed by atoms with Crippen LogP contribution in [-0.4, -0.2) is 4.57 Å². The fraction of sp³-hybridized carbons (Fsp3) is 0.250. The minimum Gasteiger partial charge on any atom is -0.399 e. The molecule has 3 nitrogen and oxygen atoms in total. The van der Waals surface area contributed by atoms with E-state index in [1.165, 1.54) is 0 Å². The zero-order chi connectivity index (χ0) is 18.3. The molecule has 0 aliphatic carbocycles. The van der Waals surface area contributed by atoms with Gasteiger partial charge in [-0.1, -0.05) is 51.4 Å². The van der Waals surface area contributed by atoms with Crippen LogP contribution in [0.2, 0.25) is 5.02 Å². The van der Waals surface area contributed by atoms with Gasteiger partial charge in [-0.25, -0.2) is 0 Å². The number of anilines is 1. The molecule has 2 N–H and O–H groups in total. The number of hydrogen-bond acceptors (Lipinski definition) is 2. The molecule has 4 heteroatoms. The van der Waals surface area contributed by atoms with Crippen LogP contribution < -0.4 is 5.73 Å². The topological polar surface area (TPSA) is 54.7 Å². The lowest BCUT2D eigenvalue weighted by atomic mass is 10.1. The lowest BCUT2D eigenvalue weighted by Crippen LogP contribution is -1.94. The molecule has 126 valence electrons. The van der Waals surface area contributed by atoms with Crippen LogP contribution in [0.4, 0.5) is 5.69 Å². The van der Waals surface area contributed by atoms with Crippen LogP contribution >= 0.6 is 11.6 Å². The summed E-state index contributed by atoms with van der Waals surface area (Å²) in [6.07, 6.45) is 0. The lowest BCUT2D eigenvalue weighted by molar-refractivity contribution is 0.976. The minimum atomic E-state index is 0.621. The Hall–Kier alpha value is -2.44. The molecule has 0 amide bonds. The SMILES string of the molecule is CC.CC.Cn1c(-c2cccc(N)c2)c(C#N)c2cc(Cl)ccc21. The van der Waals surface area contributed by atoms with Gasteiger partial charge in [0.2, 0.25) is 0 Å². The Bertz CT molecular complexity index is 857. The maximum absolute atomic E-state index is 9.51. The van der Waals surface area contributed by atoms with Gasteiger partial charge in [0, 0.05) is 34.2 Å². The van der Waals surface area contributed by atoms with Crippen molar-refractivity contribution in [1.82, 2.24) is 4.57 Å². The summed E-state index contributed by atoms with van der Waals surface area (Å²) in [5.74, 6) is 0. The fourth-order valence-electron chi connectivity index (χ4n) is 2.55. The minimum absolute atomic E-state index is 0.621. The Balaban J connectivity index is 0.000000671. The van der Waals surface area contributed by atoms with E-state index in [1.54, 1.807) is 0 Å². The predicted molar refractivity (Wildman–Crippen MR) is 105 cm³/mol. The number of nitriles is 1. The second kappa shape index (κ2) is 9.00. The van der Waals surface area contributed by atoms with Gasteiger partial charge in [-0.15, -0.1) is 0 Å². The Morgan fingerprint density at radius 1 is 1.04 bits per heavy atom. The number of hydrogen-bond donors (Lipinski definition) is 1. The smallest absolute Gasteiger partial charge is 0.102 e. The first-order chi connectivity index (χ1) is 11.6. The third-order valence-corrected chi connectivity index (χ3v) is 3.67. The maximum Gasteiger partial charge on any atom is 0.102 e. The summed E-state index contributed by atoms with van der Waals surface area (Å²) in [6.45, 7) is 8.00. The summed E-state index contributed by atoms with van der Waals surface area (Å²) >= 11 is 6.04. The van der Waals surface area contributed by atoms with Gasteiger partial charge < -0.3 is 10.3 Å². The number of nitrogens with zero attached hydrogens (tertiary/aromatic N) is 2. The summed E-state index contributed by atoms with van der Waals surface area (Å²) in [6, 6.07) is 15.4. The molecule has 0 fully saturated rings. The zero-order valence-corrected chi connectivity index (χ0v) is 15.6. The van der Waals surface area contributed by atoms with Crippen LogP contribution in [0.5, 0.6) is 0 Å². The molecular weight excluding hydrogens is 318 g/mol. The van der Waals surface area contributed by atoms with Gasteiger partial charge >= 0.3 is 0 Å². The van der Waals surface area contributed by atoms with Gasteiger partial charge in [-0.2, -0.15) is 5.26 Å². The standard InChI is InChI=1S/C16H12ClN3.2C2H6/c1-20-15-6-5-11(17)8-13(15)14(9-18)16(20)10-3-2-4-12(19)7-10;2*1-2/h2-8H,19H2,1H3;2*1-2H3. The molecule has 1 heterocycles. The van der Waals surface area contributed by atoms with Gasteiger partial charge in [0.15, 0.2) is 0 Å². The molecule has 0 radical (unpaired) electrons. The van der Waals surface area contributed by atoms with Gasteiger partial charge in [0.25, 0.3) is 0 Å². The van der Waals surface area contributed by atoms with Crippen molar-refractivity contribution in [3.63, 3.8) is 0 Å². The molecule has 3 rings (SSSR count). The van der Waals surface area contributed by atoms with Crippen molar-refractivity contribution in [3.8, 4) is 17.3 Å². The van der Waals surface area contributed by atoms with Gasteiger partial charge in [-0.3, -0.25) is 0 Å². The van der Waals surface area contributed by atoms with E-state index in [1.807, 2.05) is 81.8 Å². The Kier molecular flexibility index (Phi) is 7.35. The van der Waals surface area contributed by atoms with Crippen LogP contribution in [0.3, 0.4) is 0 Å². The van der Waals surface area contributed by atoms with Crippen LogP contribution in [0, 0.1) is 11.3 Å². The molecule has 24 heavy (non-hydrogen) atoms. The summed E-state index contributed by atoms with van der Waals surface area (Å²) < 4.78 is 2.00. The summed E-state index contributed by atoms with van der Waals surface area (Å²) in [5, 5.41) is 11.0. The van der Waals surface area contributed by atoms with Crippen molar-refractivity contribution in [2.24, 2.45) is 7.05 Å². The molecule has 0 spiro atoms. The highest BCUT2D eigenvalue weighted by Gasteiger charge is 2.16. The molecule has 0 saturated heterocycles. The van der Waals surface area contributed by atoms with Crippen LogP contribution in [0.1, 0.15) is 33.3 Å². The number of rotatable bonds is 1. The molecule has 0 aliphatic rings. The van der Waals surface area contributed by atoms with Crippen molar-refractivity contribution < 1.29 is 0 Å². The number of nitrogens with two attached hydrogens (primary N) is 1. The van der Waals surface area contributed by atoms with E-state index in [4.69, 9.17) is 17.3 Å². The maximum atomic E-state index is 9.51. The van der Waals surface area contributed by atoms with Crippen LogP contribution in [0.15, 0.2) is 42.5 Å². The molecule has 0 aliphatic heterocycles. The highest BCUT2D eigenvalue weighted by molar-refractivity contribution is 6.31. The fourth-order valence-corrected chi connectivity index (χ4v) is 2.73. The van der Waals surface area contributed by atoms with E-state index >= 15 is 0 Å². The van der Waals surface area contributed by atoms with E-state index in [2.05, 4.69) is 6.07 Å². The van der Waals surface area contributed by atoms with E-state index in [-0.39, 0.29) is 0 Å². The average molecular weight is 342 g/mol. The molecule has 2 aromatic carbocycles. The second-order valence-electron chi connectivity index (χ2n) is 4.68. The van der Waals surface area contributed by atoms with Gasteiger partial charge in [0.05, 0.1) is 11.3 Å². The van der Waals surface area contributed by atoms with Gasteiger partial charge in [0.1, 0.15) is 6.07 Å². The largest absolute Gasteiger partial charge is 0.399 e. The zero-order valence-electron chi connectivity index (χ0n) is 14.9. The Morgan fingerprint density at radius 3 is 2.29 bits per heavy atom. The van der Waals surface area contributed by atoms with E-state index < -0.39 is 0 Å². The molecule has 3 aromatic rings. The number of halogens is 1. The third-order valence-electron chi connectivity index (χ3n) is 3.43. The first kappa shape index (κ1) is 19.6. The predicted octanol–water partition coefficient (Wildman–Crippen LogP) is 6.00. The van der Waals surface area contributed by atoms with Crippen molar-refractivity contribution in [2.75, 3.05) is 5.73 Å². The number of nitrogen functional groups attached to an aromatic ring is 1. The average Bonchev–Trinajstić information content (AvgIpc) is 2.89. The first-order valence-corrected chi connectivity index (χ1v) is 8.53. The third kappa shape index (κ3) is 3.72. The molecule has 0 unspecified atom stereocenters. The molecule has 0 saturated carbocycles. The molecule has 0 bridgehead atoms. The monoisotopic (exact) mass is 341 g/mol. The number of benzene rings is 2. The molecule has 1 aromatic heterocycles. The number of aromatic nitrogens is 1. The summed E-state index contributed by atoms with van der Waals surface area (Å²) in [4.78, 5) is 0. The highest BCUT2D eigenvalue weighted by Crippen LogP contribution is 2.34. The quantitative estimate of drug-likeness (QED) is 0.551.